The fourth-order valence-corrected chi connectivity index (χ4v) is 3.29. The Morgan fingerprint density at radius 3 is 2.58 bits per heavy atom. The van der Waals surface area contributed by atoms with Gasteiger partial charge < -0.3 is 15.1 Å². The molecule has 1 aromatic rings. The third-order valence-electron chi connectivity index (χ3n) is 4.29. The number of hydrogen-bond acceptors (Lipinski definition) is 3. The van der Waals surface area contributed by atoms with Gasteiger partial charge in [0.2, 0.25) is 11.8 Å². The summed E-state index contributed by atoms with van der Waals surface area (Å²) in [5.74, 6) is -0.186. The zero-order valence-electron chi connectivity index (χ0n) is 15.2. The minimum Gasteiger partial charge on any atom is -0.355 e. The molecular formula is C19H29N3O2. The first-order chi connectivity index (χ1) is 11.3. The maximum atomic E-state index is 12.4. The van der Waals surface area contributed by atoms with Crippen LogP contribution in [0.5, 0.6) is 0 Å². The Balaban J connectivity index is 1.85. The molecule has 1 aromatic carbocycles. The summed E-state index contributed by atoms with van der Waals surface area (Å²) < 4.78 is 0. The van der Waals surface area contributed by atoms with E-state index < -0.39 is 0 Å². The predicted octanol–water partition coefficient (Wildman–Crippen LogP) is 1.74. The van der Waals surface area contributed by atoms with Crippen molar-refractivity contribution >= 4 is 11.8 Å². The number of nitrogens with zero attached hydrogens (tertiary/aromatic N) is 2. The quantitative estimate of drug-likeness (QED) is 0.828. The van der Waals surface area contributed by atoms with Gasteiger partial charge in [0.25, 0.3) is 0 Å². The molecule has 0 bridgehead atoms. The molecule has 1 fully saturated rings. The summed E-state index contributed by atoms with van der Waals surface area (Å²) in [5.41, 5.74) is 1.10. The smallest absolute Gasteiger partial charge is 0.225 e. The van der Waals surface area contributed by atoms with Crippen molar-refractivity contribution in [2.24, 2.45) is 11.3 Å². The molecule has 0 spiro atoms. The largest absolute Gasteiger partial charge is 0.355 e. The minimum atomic E-state index is -0.239. The van der Waals surface area contributed by atoms with Crippen LogP contribution < -0.4 is 5.32 Å². The Hall–Kier alpha value is -1.88. The van der Waals surface area contributed by atoms with E-state index in [9.17, 15) is 9.59 Å². The fourth-order valence-electron chi connectivity index (χ4n) is 3.29. The van der Waals surface area contributed by atoms with Crippen LogP contribution in [0.3, 0.4) is 0 Å². The molecule has 1 N–H and O–H groups in total. The lowest BCUT2D eigenvalue weighted by atomic mass is 9.92. The van der Waals surface area contributed by atoms with Gasteiger partial charge in [-0.1, -0.05) is 44.2 Å². The molecule has 1 aliphatic rings. The van der Waals surface area contributed by atoms with Crippen molar-refractivity contribution in [3.63, 3.8) is 0 Å². The second-order valence-electron chi connectivity index (χ2n) is 7.78. The lowest BCUT2D eigenvalue weighted by Gasteiger charge is -2.29. The molecular weight excluding hydrogens is 302 g/mol. The SMILES string of the molecule is CN(C)CC(C)(C)CNC(=O)C1CC(=O)N(Cc2ccccc2)C1. The summed E-state index contributed by atoms with van der Waals surface area (Å²) in [6, 6.07) is 9.90. The zero-order valence-corrected chi connectivity index (χ0v) is 15.2. The third-order valence-corrected chi connectivity index (χ3v) is 4.29. The molecule has 0 aromatic heterocycles. The van der Waals surface area contributed by atoms with Crippen molar-refractivity contribution in [3.8, 4) is 0 Å². The summed E-state index contributed by atoms with van der Waals surface area (Å²) in [4.78, 5) is 28.5. The van der Waals surface area contributed by atoms with Crippen LogP contribution in [-0.4, -0.2) is 55.3 Å². The van der Waals surface area contributed by atoms with E-state index in [0.29, 0.717) is 26.1 Å². The molecule has 2 rings (SSSR count). The predicted molar refractivity (Wildman–Crippen MR) is 95.3 cm³/mol. The Kier molecular flexibility index (Phi) is 5.99. The highest BCUT2D eigenvalue weighted by Gasteiger charge is 2.34. The molecule has 132 valence electrons. The van der Waals surface area contributed by atoms with Crippen molar-refractivity contribution in [3.05, 3.63) is 35.9 Å². The minimum absolute atomic E-state index is 0.00546. The zero-order chi connectivity index (χ0) is 17.7. The van der Waals surface area contributed by atoms with Gasteiger partial charge in [0.15, 0.2) is 0 Å². The van der Waals surface area contributed by atoms with Crippen LogP contribution in [0, 0.1) is 11.3 Å². The standard InChI is InChI=1S/C19H29N3O2/c1-19(2,14-21(3)4)13-20-18(24)16-10-17(23)22(12-16)11-15-8-6-5-7-9-15/h5-9,16H,10-14H2,1-4H3,(H,20,24). The van der Waals surface area contributed by atoms with Gasteiger partial charge in [0.05, 0.1) is 5.92 Å². The second-order valence-corrected chi connectivity index (χ2v) is 7.78. The molecule has 1 saturated heterocycles. The van der Waals surface area contributed by atoms with E-state index in [1.807, 2.05) is 44.4 Å². The van der Waals surface area contributed by atoms with E-state index in [2.05, 4.69) is 24.1 Å². The lowest BCUT2D eigenvalue weighted by Crippen LogP contribution is -2.42. The maximum Gasteiger partial charge on any atom is 0.225 e. The maximum absolute atomic E-state index is 12.4. The van der Waals surface area contributed by atoms with Gasteiger partial charge in [-0.2, -0.15) is 0 Å². The van der Waals surface area contributed by atoms with Crippen LogP contribution in [0.1, 0.15) is 25.8 Å². The molecule has 5 nitrogen and oxygen atoms in total. The molecule has 0 saturated carbocycles. The van der Waals surface area contributed by atoms with Gasteiger partial charge in [-0.15, -0.1) is 0 Å². The van der Waals surface area contributed by atoms with Crippen LogP contribution in [0.2, 0.25) is 0 Å². The number of likely N-dealkylation sites (tertiary alicyclic amines) is 1. The van der Waals surface area contributed by atoms with Crippen molar-refractivity contribution in [1.82, 2.24) is 15.1 Å². The molecule has 1 heterocycles. The number of amides is 2. The Bertz CT molecular complexity index is 569. The van der Waals surface area contributed by atoms with E-state index >= 15 is 0 Å². The summed E-state index contributed by atoms with van der Waals surface area (Å²) in [5, 5.41) is 3.03. The van der Waals surface area contributed by atoms with Crippen LogP contribution in [0.25, 0.3) is 0 Å². The van der Waals surface area contributed by atoms with Gasteiger partial charge in [-0.3, -0.25) is 9.59 Å². The Morgan fingerprint density at radius 1 is 1.29 bits per heavy atom. The van der Waals surface area contributed by atoms with Crippen LogP contribution in [0.15, 0.2) is 30.3 Å². The first-order valence-electron chi connectivity index (χ1n) is 8.51. The van der Waals surface area contributed by atoms with Crippen LogP contribution in [-0.2, 0) is 16.1 Å². The first kappa shape index (κ1) is 18.5. The molecule has 1 aliphatic heterocycles. The van der Waals surface area contributed by atoms with Gasteiger partial charge in [0, 0.05) is 32.6 Å². The summed E-state index contributed by atoms with van der Waals surface area (Å²) in [6.07, 6.45) is 0.312. The molecule has 0 radical (unpaired) electrons. The fraction of sp³-hybridized carbons (Fsp3) is 0.579. The number of carbonyl (C=O) groups excluding carboxylic acids is 2. The van der Waals surface area contributed by atoms with Crippen molar-refractivity contribution in [2.75, 3.05) is 33.7 Å². The van der Waals surface area contributed by atoms with Crippen LogP contribution >= 0.6 is 0 Å². The highest BCUT2D eigenvalue weighted by molar-refractivity contribution is 5.89. The number of nitrogens with one attached hydrogen (secondary N) is 1. The Morgan fingerprint density at radius 2 is 1.96 bits per heavy atom. The van der Waals surface area contributed by atoms with E-state index in [1.54, 1.807) is 4.90 Å². The van der Waals surface area contributed by atoms with E-state index in [0.717, 1.165) is 12.1 Å². The molecule has 2 amide bonds. The molecule has 1 atom stereocenters. The van der Waals surface area contributed by atoms with Crippen LogP contribution in [0.4, 0.5) is 0 Å². The van der Waals surface area contributed by atoms with E-state index in [4.69, 9.17) is 0 Å². The van der Waals surface area contributed by atoms with Gasteiger partial charge in [-0.05, 0) is 25.1 Å². The Labute approximate surface area is 145 Å². The highest BCUT2D eigenvalue weighted by atomic mass is 16.2. The summed E-state index contributed by atoms with van der Waals surface area (Å²) >= 11 is 0. The number of hydrogen-bond donors (Lipinski definition) is 1. The summed E-state index contributed by atoms with van der Waals surface area (Å²) in [7, 11) is 4.06. The first-order valence-corrected chi connectivity index (χ1v) is 8.51. The van der Waals surface area contributed by atoms with E-state index in [1.165, 1.54) is 0 Å². The van der Waals surface area contributed by atoms with Crippen molar-refractivity contribution in [2.45, 2.75) is 26.8 Å². The van der Waals surface area contributed by atoms with Gasteiger partial charge in [0.1, 0.15) is 0 Å². The second kappa shape index (κ2) is 7.79. The number of benzene rings is 1. The molecule has 5 heteroatoms. The average Bonchev–Trinajstić information content (AvgIpc) is 2.86. The number of rotatable bonds is 7. The topological polar surface area (TPSA) is 52.7 Å². The molecule has 24 heavy (non-hydrogen) atoms. The summed E-state index contributed by atoms with van der Waals surface area (Å²) in [6.45, 7) is 6.87. The van der Waals surface area contributed by atoms with Gasteiger partial charge >= 0.3 is 0 Å². The number of carbonyl (C=O) groups is 2. The molecule has 1 unspecified atom stereocenters. The molecule has 0 aliphatic carbocycles. The monoisotopic (exact) mass is 331 g/mol. The van der Waals surface area contributed by atoms with Crippen molar-refractivity contribution < 1.29 is 9.59 Å². The van der Waals surface area contributed by atoms with E-state index in [-0.39, 0.29) is 23.1 Å². The lowest BCUT2D eigenvalue weighted by molar-refractivity contribution is -0.129. The third kappa shape index (κ3) is 5.34. The normalized spacial score (nSPS) is 18.3. The highest BCUT2D eigenvalue weighted by Crippen LogP contribution is 2.21. The van der Waals surface area contributed by atoms with Crippen molar-refractivity contribution in [1.29, 1.82) is 0 Å². The van der Waals surface area contributed by atoms with Gasteiger partial charge in [-0.25, -0.2) is 0 Å². The average molecular weight is 331 g/mol.